The maximum Gasteiger partial charge on any atom is 0.225 e. The molecule has 8 heteroatoms. The van der Waals surface area contributed by atoms with Gasteiger partial charge in [0.05, 0.1) is 22.3 Å². The Morgan fingerprint density at radius 3 is 2.85 bits per heavy atom. The van der Waals surface area contributed by atoms with Crippen molar-refractivity contribution in [1.29, 1.82) is 0 Å². The van der Waals surface area contributed by atoms with Crippen LogP contribution in [0.3, 0.4) is 0 Å². The van der Waals surface area contributed by atoms with Crippen LogP contribution in [0.5, 0.6) is 11.6 Å². The van der Waals surface area contributed by atoms with Crippen LogP contribution in [-0.4, -0.2) is 25.1 Å². The van der Waals surface area contributed by atoms with Gasteiger partial charge in [-0.15, -0.1) is 5.10 Å². The summed E-state index contributed by atoms with van der Waals surface area (Å²) in [5.41, 5.74) is 2.02. The van der Waals surface area contributed by atoms with Gasteiger partial charge in [-0.2, -0.15) is 0 Å². The van der Waals surface area contributed by atoms with Gasteiger partial charge in [0.2, 0.25) is 5.88 Å². The molecule has 140 valence electrons. The van der Waals surface area contributed by atoms with Gasteiger partial charge >= 0.3 is 0 Å². The van der Waals surface area contributed by atoms with Gasteiger partial charge in [-0.1, -0.05) is 5.21 Å². The first-order valence-corrected chi connectivity index (χ1v) is 9.92. The van der Waals surface area contributed by atoms with Crippen molar-refractivity contribution in [2.75, 3.05) is 0 Å². The molecule has 27 heavy (non-hydrogen) atoms. The molecule has 0 radical (unpaired) electrons. The second kappa shape index (κ2) is 6.53. The van der Waals surface area contributed by atoms with E-state index in [-0.39, 0.29) is 11.8 Å². The number of aliphatic hydroxyl groups excluding tert-OH is 1. The maximum absolute atomic E-state index is 13.7. The van der Waals surface area contributed by atoms with Crippen molar-refractivity contribution >= 4 is 27.0 Å². The maximum atomic E-state index is 13.7. The van der Waals surface area contributed by atoms with E-state index in [0.717, 1.165) is 31.1 Å². The average molecular weight is 433 g/mol. The van der Waals surface area contributed by atoms with Crippen LogP contribution in [0.1, 0.15) is 37.4 Å². The zero-order valence-electron chi connectivity index (χ0n) is 14.5. The summed E-state index contributed by atoms with van der Waals surface area (Å²) >= 11 is 3.55. The highest BCUT2D eigenvalue weighted by Crippen LogP contribution is 2.44. The SMILES string of the molecule is OC(c1cc(F)cnc1Oc1ccc2c(nnn2CC2CC2)c1Br)C1CC1. The average Bonchev–Trinajstić information content (AvgIpc) is 3.57. The van der Waals surface area contributed by atoms with Crippen LogP contribution < -0.4 is 4.74 Å². The molecule has 0 bridgehead atoms. The van der Waals surface area contributed by atoms with E-state index < -0.39 is 11.9 Å². The standard InChI is InChI=1S/C19H18BrFN4O2/c20-16-15(6-5-14-17(16)23-24-25(14)9-10-1-2-10)27-19-13(7-12(21)8-22-19)18(26)11-3-4-11/h5-8,10-11,18,26H,1-4,9H2. The molecule has 0 saturated heterocycles. The number of halogens is 2. The third-order valence-electron chi connectivity index (χ3n) is 5.16. The Labute approximate surface area is 163 Å². The quantitative estimate of drug-likeness (QED) is 0.625. The summed E-state index contributed by atoms with van der Waals surface area (Å²) in [6.45, 7) is 0.875. The fourth-order valence-corrected chi connectivity index (χ4v) is 3.75. The largest absolute Gasteiger partial charge is 0.437 e. The highest BCUT2D eigenvalue weighted by atomic mass is 79.9. The Balaban J connectivity index is 1.48. The summed E-state index contributed by atoms with van der Waals surface area (Å²) in [5, 5.41) is 19.0. The zero-order chi connectivity index (χ0) is 18.5. The van der Waals surface area contributed by atoms with Crippen LogP contribution in [0.4, 0.5) is 4.39 Å². The summed E-state index contributed by atoms with van der Waals surface area (Å²) in [4.78, 5) is 4.06. The highest BCUT2D eigenvalue weighted by Gasteiger charge is 2.33. The van der Waals surface area contributed by atoms with Gasteiger partial charge in [0.25, 0.3) is 0 Å². The van der Waals surface area contributed by atoms with Gasteiger partial charge in [-0.05, 0) is 71.6 Å². The molecule has 2 aromatic heterocycles. The second-order valence-electron chi connectivity index (χ2n) is 7.39. The molecule has 3 aromatic rings. The third kappa shape index (κ3) is 3.32. The number of fused-ring (bicyclic) bond motifs is 1. The van der Waals surface area contributed by atoms with E-state index in [1.54, 1.807) is 0 Å². The van der Waals surface area contributed by atoms with Crippen LogP contribution in [0.25, 0.3) is 11.0 Å². The molecule has 1 aromatic carbocycles. The number of benzene rings is 1. The van der Waals surface area contributed by atoms with Gasteiger partial charge in [-0.25, -0.2) is 14.1 Å². The lowest BCUT2D eigenvalue weighted by Gasteiger charge is -2.15. The lowest BCUT2D eigenvalue weighted by Crippen LogP contribution is -2.05. The first-order valence-electron chi connectivity index (χ1n) is 9.13. The molecule has 1 unspecified atom stereocenters. The number of aliphatic hydroxyl groups is 1. The van der Waals surface area contributed by atoms with Gasteiger partial charge in [-0.3, -0.25) is 0 Å². The molecule has 2 aliphatic carbocycles. The molecule has 0 aliphatic heterocycles. The fraction of sp³-hybridized carbons (Fsp3) is 0.421. The van der Waals surface area contributed by atoms with Crippen molar-refractivity contribution in [3.8, 4) is 11.6 Å². The van der Waals surface area contributed by atoms with Crippen molar-refractivity contribution in [3.63, 3.8) is 0 Å². The minimum absolute atomic E-state index is 0.143. The molecule has 2 fully saturated rings. The van der Waals surface area contributed by atoms with E-state index in [0.29, 0.717) is 27.2 Å². The minimum atomic E-state index is -0.773. The Morgan fingerprint density at radius 2 is 2.11 bits per heavy atom. The number of hydrogen-bond donors (Lipinski definition) is 1. The van der Waals surface area contributed by atoms with Gasteiger partial charge in [0.1, 0.15) is 17.1 Å². The third-order valence-corrected chi connectivity index (χ3v) is 5.92. The van der Waals surface area contributed by atoms with Crippen LogP contribution in [0.2, 0.25) is 0 Å². The summed E-state index contributed by atoms with van der Waals surface area (Å²) in [6, 6.07) is 5.03. The Bertz CT molecular complexity index is 1020. The predicted molar refractivity (Wildman–Crippen MR) is 99.9 cm³/mol. The van der Waals surface area contributed by atoms with Crippen LogP contribution >= 0.6 is 15.9 Å². The minimum Gasteiger partial charge on any atom is -0.437 e. The van der Waals surface area contributed by atoms with Crippen molar-refractivity contribution in [2.45, 2.75) is 38.3 Å². The number of ether oxygens (including phenoxy) is 1. The molecule has 0 spiro atoms. The Morgan fingerprint density at radius 1 is 1.30 bits per heavy atom. The first kappa shape index (κ1) is 17.1. The fourth-order valence-electron chi connectivity index (χ4n) is 3.25. The normalized spacial score (nSPS) is 18.0. The first-order chi connectivity index (χ1) is 13.1. The predicted octanol–water partition coefficient (Wildman–Crippen LogP) is 4.37. The molecule has 2 aliphatic rings. The number of aromatic nitrogens is 4. The summed E-state index contributed by atoms with van der Waals surface area (Å²) in [5.74, 6) is 1.06. The van der Waals surface area contributed by atoms with E-state index in [2.05, 4.69) is 31.2 Å². The second-order valence-corrected chi connectivity index (χ2v) is 8.19. The van der Waals surface area contributed by atoms with E-state index in [1.807, 2.05) is 16.8 Å². The lowest BCUT2D eigenvalue weighted by atomic mass is 10.1. The molecule has 2 saturated carbocycles. The van der Waals surface area contributed by atoms with Crippen molar-refractivity contribution in [1.82, 2.24) is 20.0 Å². The summed E-state index contributed by atoms with van der Waals surface area (Å²) < 4.78 is 22.2. The molecule has 5 rings (SSSR count). The molecular formula is C19H18BrFN4O2. The van der Waals surface area contributed by atoms with Gasteiger partial charge in [0.15, 0.2) is 0 Å². The van der Waals surface area contributed by atoms with Crippen LogP contribution in [0, 0.1) is 17.7 Å². The van der Waals surface area contributed by atoms with E-state index in [4.69, 9.17) is 4.74 Å². The zero-order valence-corrected chi connectivity index (χ0v) is 16.1. The van der Waals surface area contributed by atoms with Gasteiger partial charge < -0.3 is 9.84 Å². The summed E-state index contributed by atoms with van der Waals surface area (Å²) in [6.07, 6.45) is 4.66. The van der Waals surface area contributed by atoms with Crippen molar-refractivity contribution in [3.05, 3.63) is 40.2 Å². The molecule has 1 N–H and O–H groups in total. The number of nitrogens with zero attached hydrogens (tertiary/aromatic N) is 4. The van der Waals surface area contributed by atoms with Crippen molar-refractivity contribution in [2.24, 2.45) is 11.8 Å². The van der Waals surface area contributed by atoms with E-state index in [9.17, 15) is 9.50 Å². The number of hydrogen-bond acceptors (Lipinski definition) is 5. The molecule has 2 heterocycles. The summed E-state index contributed by atoms with van der Waals surface area (Å²) in [7, 11) is 0. The van der Waals surface area contributed by atoms with E-state index >= 15 is 0 Å². The van der Waals surface area contributed by atoms with Gasteiger partial charge in [0, 0.05) is 12.1 Å². The van der Waals surface area contributed by atoms with Crippen LogP contribution in [-0.2, 0) is 6.54 Å². The highest BCUT2D eigenvalue weighted by molar-refractivity contribution is 9.10. The molecule has 1 atom stereocenters. The Hall–Kier alpha value is -2.06. The van der Waals surface area contributed by atoms with E-state index in [1.165, 1.54) is 18.9 Å². The van der Waals surface area contributed by atoms with Crippen molar-refractivity contribution < 1.29 is 14.2 Å². The lowest BCUT2D eigenvalue weighted by molar-refractivity contribution is 0.149. The molecule has 0 amide bonds. The Kier molecular flexibility index (Phi) is 4.12. The monoisotopic (exact) mass is 432 g/mol. The number of rotatable bonds is 6. The topological polar surface area (TPSA) is 73.1 Å². The molecular weight excluding hydrogens is 415 g/mol. The smallest absolute Gasteiger partial charge is 0.225 e. The van der Waals surface area contributed by atoms with Crippen LogP contribution in [0.15, 0.2) is 28.9 Å². The molecule has 6 nitrogen and oxygen atoms in total. The number of pyridine rings is 1.